The molecule has 0 fully saturated rings. The number of Topliss-reactive ketones (excluding diaryl/α,β-unsaturated/α-hetero) is 1. The van der Waals surface area contributed by atoms with Gasteiger partial charge in [-0.3, -0.25) is 4.79 Å². The van der Waals surface area contributed by atoms with Crippen LogP contribution in [0.5, 0.6) is 0 Å². The number of benzene rings is 2. The Morgan fingerprint density at radius 2 is 1.94 bits per heavy atom. The van der Waals surface area contributed by atoms with Crippen LogP contribution in [0.4, 0.5) is 10.1 Å². The molecule has 18 heavy (non-hydrogen) atoms. The zero-order valence-electron chi connectivity index (χ0n) is 9.81. The van der Waals surface area contributed by atoms with E-state index in [0.717, 1.165) is 4.90 Å². The lowest BCUT2D eigenvalue weighted by molar-refractivity contribution is 0.101. The van der Waals surface area contributed by atoms with Gasteiger partial charge in [0.25, 0.3) is 0 Å². The Bertz CT molecular complexity index is 598. The highest BCUT2D eigenvalue weighted by atomic mass is 32.2. The topological polar surface area (TPSA) is 43.1 Å². The summed E-state index contributed by atoms with van der Waals surface area (Å²) in [7, 11) is 0. The van der Waals surface area contributed by atoms with Crippen LogP contribution in [0.25, 0.3) is 0 Å². The summed E-state index contributed by atoms with van der Waals surface area (Å²) in [6, 6.07) is 11.7. The van der Waals surface area contributed by atoms with Gasteiger partial charge in [0.1, 0.15) is 5.82 Å². The fourth-order valence-electron chi connectivity index (χ4n) is 1.58. The van der Waals surface area contributed by atoms with E-state index in [9.17, 15) is 9.18 Å². The molecule has 2 nitrogen and oxygen atoms in total. The lowest BCUT2D eigenvalue weighted by Crippen LogP contribution is -1.99. The predicted octanol–water partition coefficient (Wildman–Crippen LogP) is 3.76. The quantitative estimate of drug-likeness (QED) is 0.675. The molecule has 0 amide bonds. The van der Waals surface area contributed by atoms with Crippen LogP contribution < -0.4 is 5.73 Å². The molecule has 0 aliphatic heterocycles. The van der Waals surface area contributed by atoms with Gasteiger partial charge < -0.3 is 5.73 Å². The number of ketones is 1. The molecule has 0 radical (unpaired) electrons. The molecule has 0 atom stereocenters. The van der Waals surface area contributed by atoms with Crippen molar-refractivity contribution in [2.24, 2.45) is 0 Å². The van der Waals surface area contributed by atoms with E-state index in [1.54, 1.807) is 36.4 Å². The maximum atomic E-state index is 13.5. The van der Waals surface area contributed by atoms with Gasteiger partial charge in [-0.1, -0.05) is 23.9 Å². The van der Waals surface area contributed by atoms with Crippen molar-refractivity contribution in [3.8, 4) is 0 Å². The summed E-state index contributed by atoms with van der Waals surface area (Å²) in [4.78, 5) is 12.6. The Morgan fingerprint density at radius 3 is 2.56 bits per heavy atom. The average molecular weight is 261 g/mol. The van der Waals surface area contributed by atoms with Crippen molar-refractivity contribution in [3.63, 3.8) is 0 Å². The first kappa shape index (κ1) is 12.6. The van der Waals surface area contributed by atoms with Crippen LogP contribution in [0.2, 0.25) is 0 Å². The molecule has 4 heteroatoms. The summed E-state index contributed by atoms with van der Waals surface area (Å²) in [5.74, 6) is -0.341. The lowest BCUT2D eigenvalue weighted by atomic mass is 10.1. The minimum atomic E-state index is -0.267. The number of rotatable bonds is 3. The molecule has 0 saturated carbocycles. The van der Waals surface area contributed by atoms with Crippen molar-refractivity contribution >= 4 is 23.2 Å². The van der Waals surface area contributed by atoms with Gasteiger partial charge in [-0.05, 0) is 37.3 Å². The highest BCUT2D eigenvalue weighted by Gasteiger charge is 2.07. The first-order chi connectivity index (χ1) is 8.58. The SMILES string of the molecule is CC(=O)c1ccc(Sc2ccccc2F)cc1N. The third kappa shape index (κ3) is 2.71. The molecule has 2 aromatic rings. The molecule has 0 aromatic heterocycles. The number of nitrogens with two attached hydrogens (primary N) is 1. The second kappa shape index (κ2) is 5.23. The third-order valence-corrected chi connectivity index (χ3v) is 3.51. The molecule has 2 N–H and O–H groups in total. The van der Waals surface area contributed by atoms with E-state index < -0.39 is 0 Å². The molecule has 0 heterocycles. The molecule has 0 saturated heterocycles. The van der Waals surface area contributed by atoms with Crippen LogP contribution in [0.1, 0.15) is 17.3 Å². The van der Waals surface area contributed by atoms with E-state index in [4.69, 9.17) is 5.73 Å². The predicted molar refractivity (Wildman–Crippen MR) is 71.4 cm³/mol. The number of carbonyl (C=O) groups is 1. The maximum absolute atomic E-state index is 13.5. The van der Waals surface area contributed by atoms with Crippen LogP contribution in [0.3, 0.4) is 0 Å². The Balaban J connectivity index is 2.29. The van der Waals surface area contributed by atoms with Gasteiger partial charge in [-0.25, -0.2) is 4.39 Å². The number of carbonyl (C=O) groups excluding carboxylic acids is 1. The minimum Gasteiger partial charge on any atom is -0.398 e. The van der Waals surface area contributed by atoms with Gasteiger partial charge in [0.2, 0.25) is 0 Å². The molecule has 0 bridgehead atoms. The highest BCUT2D eigenvalue weighted by Crippen LogP contribution is 2.31. The number of nitrogen functional groups attached to an aromatic ring is 1. The molecule has 2 aromatic carbocycles. The van der Waals surface area contributed by atoms with Gasteiger partial charge in [0.15, 0.2) is 5.78 Å². The minimum absolute atomic E-state index is 0.0741. The standard InChI is InChI=1S/C14H12FNOS/c1-9(17)11-7-6-10(8-13(11)16)18-14-5-3-2-4-12(14)15/h2-8H,16H2,1H3. The van der Waals surface area contributed by atoms with Crippen LogP contribution >= 0.6 is 11.8 Å². The van der Waals surface area contributed by atoms with Gasteiger partial charge in [0, 0.05) is 21.0 Å². The van der Waals surface area contributed by atoms with Crippen molar-refractivity contribution in [2.45, 2.75) is 16.7 Å². The van der Waals surface area contributed by atoms with Gasteiger partial charge in [0.05, 0.1) is 0 Å². The van der Waals surface area contributed by atoms with Gasteiger partial charge in [-0.2, -0.15) is 0 Å². The first-order valence-corrected chi connectivity index (χ1v) is 6.22. The zero-order valence-corrected chi connectivity index (χ0v) is 10.6. The summed E-state index contributed by atoms with van der Waals surface area (Å²) in [6.45, 7) is 1.47. The van der Waals surface area contributed by atoms with Crippen LogP contribution in [-0.4, -0.2) is 5.78 Å². The van der Waals surface area contributed by atoms with Crippen molar-refractivity contribution in [3.05, 3.63) is 53.8 Å². The molecule has 2 rings (SSSR count). The van der Waals surface area contributed by atoms with E-state index in [1.165, 1.54) is 24.8 Å². The Hall–Kier alpha value is -1.81. The van der Waals surface area contributed by atoms with Gasteiger partial charge >= 0.3 is 0 Å². The van der Waals surface area contributed by atoms with Crippen molar-refractivity contribution < 1.29 is 9.18 Å². The number of halogens is 1. The summed E-state index contributed by atoms with van der Waals surface area (Å²) in [5.41, 5.74) is 6.70. The number of hydrogen-bond donors (Lipinski definition) is 1. The molecular formula is C14H12FNOS. The fraction of sp³-hybridized carbons (Fsp3) is 0.0714. The summed E-state index contributed by atoms with van der Waals surface area (Å²) in [6.07, 6.45) is 0. The Morgan fingerprint density at radius 1 is 1.22 bits per heavy atom. The molecule has 0 unspecified atom stereocenters. The molecule has 0 spiro atoms. The zero-order chi connectivity index (χ0) is 13.1. The van der Waals surface area contributed by atoms with E-state index in [0.29, 0.717) is 16.1 Å². The summed E-state index contributed by atoms with van der Waals surface area (Å²) < 4.78 is 13.5. The second-order valence-electron chi connectivity index (χ2n) is 3.84. The molecular weight excluding hydrogens is 249 g/mol. The van der Waals surface area contributed by atoms with E-state index in [-0.39, 0.29) is 11.6 Å². The van der Waals surface area contributed by atoms with Crippen LogP contribution in [0, 0.1) is 5.82 Å². The smallest absolute Gasteiger partial charge is 0.161 e. The number of anilines is 1. The van der Waals surface area contributed by atoms with Crippen LogP contribution in [0.15, 0.2) is 52.3 Å². The fourth-order valence-corrected chi connectivity index (χ4v) is 2.47. The van der Waals surface area contributed by atoms with Crippen molar-refractivity contribution in [2.75, 3.05) is 5.73 Å². The van der Waals surface area contributed by atoms with Crippen molar-refractivity contribution in [1.29, 1.82) is 0 Å². The molecule has 92 valence electrons. The second-order valence-corrected chi connectivity index (χ2v) is 4.95. The molecule has 0 aliphatic rings. The monoisotopic (exact) mass is 261 g/mol. The summed E-state index contributed by atoms with van der Waals surface area (Å²) in [5, 5.41) is 0. The van der Waals surface area contributed by atoms with Gasteiger partial charge in [-0.15, -0.1) is 0 Å². The van der Waals surface area contributed by atoms with Crippen LogP contribution in [-0.2, 0) is 0 Å². The van der Waals surface area contributed by atoms with E-state index >= 15 is 0 Å². The summed E-state index contributed by atoms with van der Waals surface area (Å²) >= 11 is 1.28. The van der Waals surface area contributed by atoms with E-state index in [2.05, 4.69) is 0 Å². The lowest BCUT2D eigenvalue weighted by Gasteiger charge is -2.06. The van der Waals surface area contributed by atoms with Crippen molar-refractivity contribution in [1.82, 2.24) is 0 Å². The maximum Gasteiger partial charge on any atom is 0.161 e. The first-order valence-electron chi connectivity index (χ1n) is 5.41. The molecule has 0 aliphatic carbocycles. The normalized spacial score (nSPS) is 10.3. The average Bonchev–Trinajstić information content (AvgIpc) is 2.32. The Kier molecular flexibility index (Phi) is 3.67. The number of hydrogen-bond acceptors (Lipinski definition) is 3. The largest absolute Gasteiger partial charge is 0.398 e. The Labute approximate surface area is 109 Å². The highest BCUT2D eigenvalue weighted by molar-refractivity contribution is 7.99. The third-order valence-electron chi connectivity index (χ3n) is 2.47. The van der Waals surface area contributed by atoms with E-state index in [1.807, 2.05) is 0 Å².